The molecule has 2 aliphatic heterocycles. The molecular formula is C17H12N4O2S. The smallest absolute Gasteiger partial charge is 0.283 e. The van der Waals surface area contributed by atoms with Gasteiger partial charge in [0.25, 0.3) is 5.91 Å². The van der Waals surface area contributed by atoms with Crippen LogP contribution in [0.2, 0.25) is 0 Å². The van der Waals surface area contributed by atoms with E-state index < -0.39 is 5.91 Å². The minimum absolute atomic E-state index is 0.0111. The quantitative estimate of drug-likeness (QED) is 0.873. The van der Waals surface area contributed by atoms with Crippen molar-refractivity contribution in [2.45, 2.75) is 6.42 Å². The number of hydrazone groups is 1. The van der Waals surface area contributed by atoms with E-state index >= 15 is 0 Å². The molecule has 1 aromatic heterocycles. The fraction of sp³-hybridized carbons (Fsp3) is 0.0588. The van der Waals surface area contributed by atoms with Crippen LogP contribution in [0, 0.1) is 5.41 Å². The molecule has 0 spiro atoms. The van der Waals surface area contributed by atoms with Crippen molar-refractivity contribution in [3.05, 3.63) is 65.6 Å². The molecule has 0 saturated heterocycles. The van der Waals surface area contributed by atoms with E-state index in [1.807, 2.05) is 30.3 Å². The summed E-state index contributed by atoms with van der Waals surface area (Å²) in [5.41, 5.74) is 1.28. The third-order valence-electron chi connectivity index (χ3n) is 3.52. The fourth-order valence-electron chi connectivity index (χ4n) is 2.39. The van der Waals surface area contributed by atoms with Gasteiger partial charge in [-0.3, -0.25) is 10.2 Å². The predicted octanol–water partition coefficient (Wildman–Crippen LogP) is 3.14. The molecule has 2 aliphatic rings. The number of fused-ring (bicyclic) bond motifs is 1. The summed E-state index contributed by atoms with van der Waals surface area (Å²) in [6, 6.07) is 13.4. The van der Waals surface area contributed by atoms with Gasteiger partial charge in [-0.05, 0) is 35.5 Å². The molecule has 118 valence electrons. The molecule has 0 radical (unpaired) electrons. The standard InChI is InChI=1S/C17H12N4O2S/c18-15-13(10-12-7-4-8-23-12)16(22)19-17-21(15)20-14(24-17)9-11-5-2-1-3-6-11/h1-8,10,18H,9H2/b13-10-,18-15?. The van der Waals surface area contributed by atoms with E-state index in [1.54, 1.807) is 12.1 Å². The number of nitrogens with one attached hydrogen (secondary N) is 1. The van der Waals surface area contributed by atoms with E-state index in [0.717, 1.165) is 10.6 Å². The lowest BCUT2D eigenvalue weighted by Crippen LogP contribution is -2.35. The Morgan fingerprint density at radius 1 is 1.21 bits per heavy atom. The first-order valence-electron chi connectivity index (χ1n) is 7.27. The van der Waals surface area contributed by atoms with Gasteiger partial charge in [-0.1, -0.05) is 30.3 Å². The number of hydrogen-bond acceptors (Lipinski definition) is 5. The summed E-state index contributed by atoms with van der Waals surface area (Å²) in [5.74, 6) is 0.0605. The average Bonchev–Trinajstić information content (AvgIpc) is 3.22. The molecule has 6 nitrogen and oxygen atoms in total. The van der Waals surface area contributed by atoms with Crippen molar-refractivity contribution in [1.29, 1.82) is 5.41 Å². The molecule has 0 aliphatic carbocycles. The number of hydrogen-bond donors (Lipinski definition) is 1. The highest BCUT2D eigenvalue weighted by Gasteiger charge is 2.35. The molecule has 0 unspecified atom stereocenters. The Morgan fingerprint density at radius 3 is 2.79 bits per heavy atom. The number of amides is 1. The number of nitrogens with zero attached hydrogens (tertiary/aromatic N) is 3. The van der Waals surface area contributed by atoms with Gasteiger partial charge in [0, 0.05) is 6.42 Å². The van der Waals surface area contributed by atoms with Crippen LogP contribution in [-0.2, 0) is 11.2 Å². The second-order valence-electron chi connectivity index (χ2n) is 5.19. The van der Waals surface area contributed by atoms with Gasteiger partial charge in [0.15, 0.2) is 5.84 Å². The van der Waals surface area contributed by atoms with Crippen LogP contribution < -0.4 is 0 Å². The van der Waals surface area contributed by atoms with Crippen LogP contribution in [0.5, 0.6) is 0 Å². The highest BCUT2D eigenvalue weighted by molar-refractivity contribution is 8.26. The van der Waals surface area contributed by atoms with Crippen LogP contribution in [0.25, 0.3) is 6.08 Å². The van der Waals surface area contributed by atoms with Crippen molar-refractivity contribution in [3.8, 4) is 0 Å². The first-order valence-corrected chi connectivity index (χ1v) is 8.09. The maximum atomic E-state index is 12.2. The van der Waals surface area contributed by atoms with Gasteiger partial charge in [-0.2, -0.15) is 15.1 Å². The van der Waals surface area contributed by atoms with E-state index in [4.69, 9.17) is 9.83 Å². The van der Waals surface area contributed by atoms with E-state index in [2.05, 4.69) is 10.1 Å². The molecule has 0 saturated carbocycles. The zero-order chi connectivity index (χ0) is 16.5. The van der Waals surface area contributed by atoms with E-state index in [1.165, 1.54) is 29.1 Å². The molecule has 1 aromatic carbocycles. The van der Waals surface area contributed by atoms with Gasteiger partial charge in [-0.15, -0.1) is 0 Å². The Morgan fingerprint density at radius 2 is 2.04 bits per heavy atom. The third-order valence-corrected chi connectivity index (χ3v) is 4.43. The van der Waals surface area contributed by atoms with Crippen molar-refractivity contribution in [3.63, 3.8) is 0 Å². The number of amidine groups is 2. The summed E-state index contributed by atoms with van der Waals surface area (Å²) in [6.45, 7) is 0. The number of benzene rings is 1. The van der Waals surface area contributed by atoms with Gasteiger partial charge in [0.1, 0.15) is 10.8 Å². The second-order valence-corrected chi connectivity index (χ2v) is 6.23. The molecule has 4 rings (SSSR count). The van der Waals surface area contributed by atoms with Crippen molar-refractivity contribution in [2.24, 2.45) is 10.1 Å². The molecule has 7 heteroatoms. The van der Waals surface area contributed by atoms with Gasteiger partial charge >= 0.3 is 0 Å². The molecular weight excluding hydrogens is 324 g/mol. The summed E-state index contributed by atoms with van der Waals surface area (Å²) >= 11 is 1.32. The summed E-state index contributed by atoms with van der Waals surface area (Å²) < 4.78 is 5.21. The highest BCUT2D eigenvalue weighted by atomic mass is 32.2. The van der Waals surface area contributed by atoms with E-state index in [0.29, 0.717) is 17.3 Å². The first-order chi connectivity index (χ1) is 11.7. The Bertz CT molecular complexity index is 898. The largest absolute Gasteiger partial charge is 0.465 e. The van der Waals surface area contributed by atoms with Crippen molar-refractivity contribution in [2.75, 3.05) is 0 Å². The zero-order valence-electron chi connectivity index (χ0n) is 12.5. The molecule has 1 N–H and O–H groups in total. The number of furan rings is 1. The van der Waals surface area contributed by atoms with Crippen molar-refractivity contribution in [1.82, 2.24) is 5.01 Å². The number of thioether (sulfide) groups is 1. The van der Waals surface area contributed by atoms with Crippen molar-refractivity contribution < 1.29 is 9.21 Å². The summed E-state index contributed by atoms with van der Waals surface area (Å²) in [4.78, 5) is 16.3. The number of aliphatic imine (C=N–C) groups is 1. The summed E-state index contributed by atoms with van der Waals surface area (Å²) in [5, 5.41) is 15.3. The molecule has 3 heterocycles. The van der Waals surface area contributed by atoms with Gasteiger partial charge in [-0.25, -0.2) is 0 Å². The Balaban J connectivity index is 1.61. The lowest BCUT2D eigenvalue weighted by molar-refractivity contribution is -0.114. The lowest BCUT2D eigenvalue weighted by Gasteiger charge is -2.19. The monoisotopic (exact) mass is 336 g/mol. The van der Waals surface area contributed by atoms with Crippen LogP contribution >= 0.6 is 11.8 Å². The predicted molar refractivity (Wildman–Crippen MR) is 93.9 cm³/mol. The van der Waals surface area contributed by atoms with Crippen LogP contribution in [0.3, 0.4) is 0 Å². The van der Waals surface area contributed by atoms with Crippen LogP contribution in [0.15, 0.2) is 68.8 Å². The van der Waals surface area contributed by atoms with Gasteiger partial charge in [0.2, 0.25) is 5.17 Å². The SMILES string of the molecule is N=C1/C(=C/c2ccco2)C(=O)N=C2SC(Cc3ccccc3)=NN12. The molecule has 0 atom stereocenters. The average molecular weight is 336 g/mol. The molecule has 1 amide bonds. The number of carbonyl (C=O) groups is 1. The van der Waals surface area contributed by atoms with Crippen LogP contribution in [0.1, 0.15) is 11.3 Å². The molecule has 24 heavy (non-hydrogen) atoms. The normalized spacial score (nSPS) is 18.7. The Hall–Kier alpha value is -2.93. The highest BCUT2D eigenvalue weighted by Crippen LogP contribution is 2.29. The fourth-order valence-corrected chi connectivity index (χ4v) is 3.31. The van der Waals surface area contributed by atoms with Crippen LogP contribution in [0.4, 0.5) is 0 Å². The second kappa shape index (κ2) is 5.93. The molecule has 0 fully saturated rings. The molecule has 0 bridgehead atoms. The van der Waals surface area contributed by atoms with Crippen LogP contribution in [-0.4, -0.2) is 27.0 Å². The minimum Gasteiger partial charge on any atom is -0.465 e. The topological polar surface area (TPSA) is 82.0 Å². The number of rotatable bonds is 3. The Labute approximate surface area is 142 Å². The Kier molecular flexibility index (Phi) is 3.62. The van der Waals surface area contributed by atoms with Crippen molar-refractivity contribution >= 4 is 39.8 Å². The lowest BCUT2D eigenvalue weighted by atomic mass is 10.1. The van der Waals surface area contributed by atoms with Gasteiger partial charge < -0.3 is 4.42 Å². The zero-order valence-corrected chi connectivity index (χ0v) is 13.3. The van der Waals surface area contributed by atoms with Gasteiger partial charge in [0.05, 0.1) is 11.8 Å². The molecule has 2 aromatic rings. The maximum Gasteiger partial charge on any atom is 0.283 e. The summed E-state index contributed by atoms with van der Waals surface area (Å²) in [6.07, 6.45) is 3.67. The van der Waals surface area contributed by atoms with E-state index in [-0.39, 0.29) is 11.4 Å². The van der Waals surface area contributed by atoms with E-state index in [9.17, 15) is 4.79 Å². The minimum atomic E-state index is -0.452. The third kappa shape index (κ3) is 2.69. The number of carbonyl (C=O) groups excluding carboxylic acids is 1. The maximum absolute atomic E-state index is 12.2. The first kappa shape index (κ1) is 14.6. The summed E-state index contributed by atoms with van der Waals surface area (Å²) in [7, 11) is 0.